The van der Waals surface area contributed by atoms with Crippen LogP contribution in [0.5, 0.6) is 0 Å². The molecule has 0 saturated carbocycles. The minimum Gasteiger partial charge on any atom is -0.387 e. The molecule has 4 nitrogen and oxygen atoms in total. The molecule has 0 heterocycles. The highest BCUT2D eigenvalue weighted by molar-refractivity contribution is 5.91. The van der Waals surface area contributed by atoms with Gasteiger partial charge in [-0.3, -0.25) is 4.79 Å². The van der Waals surface area contributed by atoms with Crippen LogP contribution in [0.15, 0.2) is 48.5 Å². The summed E-state index contributed by atoms with van der Waals surface area (Å²) >= 11 is 0. The van der Waals surface area contributed by atoms with Crippen LogP contribution in [0, 0.1) is 5.82 Å². The van der Waals surface area contributed by atoms with E-state index in [4.69, 9.17) is 5.11 Å². The summed E-state index contributed by atoms with van der Waals surface area (Å²) in [6, 6.07) is 13.4. The average molecular weight is 274 g/mol. The summed E-state index contributed by atoms with van der Waals surface area (Å²) in [6.45, 7) is 0.00488. The molecule has 2 aromatic carbocycles. The first-order chi connectivity index (χ1) is 9.67. The Labute approximate surface area is 116 Å². The second-order valence-corrected chi connectivity index (χ2v) is 4.27. The summed E-state index contributed by atoms with van der Waals surface area (Å²) in [4.78, 5) is 11.1. The number of benzene rings is 2. The lowest BCUT2D eigenvalue weighted by Gasteiger charge is -2.09. The second kappa shape index (κ2) is 6.68. The van der Waals surface area contributed by atoms with Gasteiger partial charge in [-0.1, -0.05) is 18.2 Å². The van der Waals surface area contributed by atoms with Crippen LogP contribution in [-0.4, -0.2) is 17.6 Å². The van der Waals surface area contributed by atoms with Crippen molar-refractivity contribution in [3.05, 3.63) is 59.9 Å². The molecule has 0 fully saturated rings. The van der Waals surface area contributed by atoms with Gasteiger partial charge in [0.25, 0.3) is 0 Å². The number of aliphatic hydroxyl groups is 1. The van der Waals surface area contributed by atoms with Crippen LogP contribution < -0.4 is 10.6 Å². The predicted molar refractivity (Wildman–Crippen MR) is 75.9 cm³/mol. The van der Waals surface area contributed by atoms with Gasteiger partial charge in [0.05, 0.1) is 0 Å². The van der Waals surface area contributed by atoms with E-state index in [1.54, 1.807) is 30.3 Å². The van der Waals surface area contributed by atoms with Crippen LogP contribution >= 0.6 is 0 Å². The lowest BCUT2D eigenvalue weighted by atomic mass is 10.2. The number of hydrogen-bond donors (Lipinski definition) is 3. The highest BCUT2D eigenvalue weighted by Gasteiger charge is 2.01. The number of anilines is 2. The van der Waals surface area contributed by atoms with Gasteiger partial charge in [0.1, 0.15) is 12.4 Å². The third kappa shape index (κ3) is 4.07. The fourth-order valence-corrected chi connectivity index (χ4v) is 1.71. The number of aliphatic hydroxyl groups excluding tert-OH is 1. The minimum atomic E-state index is -0.548. The maximum absolute atomic E-state index is 12.8. The zero-order valence-corrected chi connectivity index (χ0v) is 10.8. The molecule has 0 spiro atoms. The summed E-state index contributed by atoms with van der Waals surface area (Å²) < 4.78 is 12.8. The Morgan fingerprint density at radius 1 is 1.10 bits per heavy atom. The third-order valence-corrected chi connectivity index (χ3v) is 2.70. The van der Waals surface area contributed by atoms with E-state index in [0.29, 0.717) is 12.2 Å². The first-order valence-electron chi connectivity index (χ1n) is 6.16. The smallest absolute Gasteiger partial charge is 0.250 e. The first kappa shape index (κ1) is 14.0. The van der Waals surface area contributed by atoms with Crippen molar-refractivity contribution >= 4 is 17.3 Å². The maximum atomic E-state index is 12.8. The fourth-order valence-electron chi connectivity index (χ4n) is 1.71. The molecule has 0 saturated heterocycles. The molecule has 2 aromatic rings. The number of nitrogens with one attached hydrogen (secondary N) is 2. The van der Waals surface area contributed by atoms with E-state index in [2.05, 4.69) is 10.6 Å². The molecular formula is C15H15FN2O2. The van der Waals surface area contributed by atoms with Gasteiger partial charge >= 0.3 is 0 Å². The molecule has 0 atom stereocenters. The molecule has 5 heteroatoms. The topological polar surface area (TPSA) is 61.4 Å². The molecule has 20 heavy (non-hydrogen) atoms. The average Bonchev–Trinajstić information content (AvgIpc) is 2.47. The van der Waals surface area contributed by atoms with Gasteiger partial charge in [-0.25, -0.2) is 4.39 Å². The van der Waals surface area contributed by atoms with E-state index < -0.39 is 12.5 Å². The van der Waals surface area contributed by atoms with Crippen LogP contribution in [0.2, 0.25) is 0 Å². The van der Waals surface area contributed by atoms with Crippen molar-refractivity contribution in [2.24, 2.45) is 0 Å². The van der Waals surface area contributed by atoms with E-state index in [1.165, 1.54) is 12.1 Å². The quantitative estimate of drug-likeness (QED) is 0.784. The Kier molecular flexibility index (Phi) is 4.68. The van der Waals surface area contributed by atoms with Crippen molar-refractivity contribution in [1.82, 2.24) is 0 Å². The van der Waals surface area contributed by atoms with Crippen LogP contribution in [0.1, 0.15) is 5.56 Å². The first-order valence-corrected chi connectivity index (χ1v) is 6.16. The number of rotatable bonds is 5. The van der Waals surface area contributed by atoms with Crippen LogP contribution in [-0.2, 0) is 11.3 Å². The van der Waals surface area contributed by atoms with Crippen LogP contribution in [0.25, 0.3) is 0 Å². The number of amides is 1. The molecule has 1 amide bonds. The zero-order valence-electron chi connectivity index (χ0n) is 10.8. The van der Waals surface area contributed by atoms with Gasteiger partial charge < -0.3 is 15.7 Å². The molecule has 0 unspecified atom stereocenters. The van der Waals surface area contributed by atoms with Gasteiger partial charge in [-0.2, -0.15) is 0 Å². The Morgan fingerprint density at radius 3 is 2.50 bits per heavy atom. The molecule has 0 aliphatic heterocycles. The van der Waals surface area contributed by atoms with Crippen LogP contribution in [0.3, 0.4) is 0 Å². The number of hydrogen-bond acceptors (Lipinski definition) is 3. The van der Waals surface area contributed by atoms with Crippen molar-refractivity contribution in [2.45, 2.75) is 6.54 Å². The second-order valence-electron chi connectivity index (χ2n) is 4.27. The molecule has 104 valence electrons. The Morgan fingerprint density at radius 2 is 1.80 bits per heavy atom. The maximum Gasteiger partial charge on any atom is 0.250 e. The number of carbonyl (C=O) groups is 1. The van der Waals surface area contributed by atoms with Gasteiger partial charge in [0, 0.05) is 17.9 Å². The van der Waals surface area contributed by atoms with E-state index in [0.717, 1.165) is 11.3 Å². The van der Waals surface area contributed by atoms with Gasteiger partial charge in [0.2, 0.25) is 5.91 Å². The summed E-state index contributed by atoms with van der Waals surface area (Å²) in [6.07, 6.45) is 0. The molecule has 3 N–H and O–H groups in total. The molecule has 2 rings (SSSR count). The Bertz CT molecular complexity index is 585. The molecule has 0 radical (unpaired) electrons. The number of halogens is 1. The van der Waals surface area contributed by atoms with E-state index in [1.807, 2.05) is 6.07 Å². The van der Waals surface area contributed by atoms with E-state index in [9.17, 15) is 9.18 Å². The van der Waals surface area contributed by atoms with Crippen molar-refractivity contribution in [3.63, 3.8) is 0 Å². The Hall–Kier alpha value is -2.40. The third-order valence-electron chi connectivity index (χ3n) is 2.70. The van der Waals surface area contributed by atoms with E-state index in [-0.39, 0.29) is 5.82 Å². The highest BCUT2D eigenvalue weighted by atomic mass is 19.1. The summed E-state index contributed by atoms with van der Waals surface area (Å²) in [5, 5.41) is 14.4. The lowest BCUT2D eigenvalue weighted by Crippen LogP contribution is -2.15. The fraction of sp³-hybridized carbons (Fsp3) is 0.133. The molecular weight excluding hydrogens is 259 g/mol. The summed E-state index contributed by atoms with van der Waals surface area (Å²) in [5.74, 6) is -0.719. The zero-order chi connectivity index (χ0) is 14.4. The van der Waals surface area contributed by atoms with Gasteiger partial charge in [-0.15, -0.1) is 0 Å². The summed E-state index contributed by atoms with van der Waals surface area (Å²) in [7, 11) is 0. The highest BCUT2D eigenvalue weighted by Crippen LogP contribution is 2.16. The largest absolute Gasteiger partial charge is 0.387 e. The van der Waals surface area contributed by atoms with E-state index >= 15 is 0 Å². The minimum absolute atomic E-state index is 0.262. The van der Waals surface area contributed by atoms with Crippen molar-refractivity contribution in [1.29, 1.82) is 0 Å². The van der Waals surface area contributed by atoms with Crippen molar-refractivity contribution in [2.75, 3.05) is 17.2 Å². The lowest BCUT2D eigenvalue weighted by molar-refractivity contribution is -0.118. The van der Waals surface area contributed by atoms with Gasteiger partial charge in [-0.05, 0) is 35.9 Å². The Balaban J connectivity index is 1.97. The molecule has 0 bridgehead atoms. The van der Waals surface area contributed by atoms with Crippen molar-refractivity contribution in [3.8, 4) is 0 Å². The molecule has 0 aromatic heterocycles. The van der Waals surface area contributed by atoms with Crippen molar-refractivity contribution < 1.29 is 14.3 Å². The van der Waals surface area contributed by atoms with Crippen LogP contribution in [0.4, 0.5) is 15.8 Å². The number of carbonyl (C=O) groups excluding carboxylic acids is 1. The monoisotopic (exact) mass is 274 g/mol. The SMILES string of the molecule is O=C(CO)Nc1cccc(NCc2ccc(F)cc2)c1. The molecule has 0 aliphatic carbocycles. The summed E-state index contributed by atoms with van der Waals surface area (Å²) in [5.41, 5.74) is 2.38. The normalized spacial score (nSPS) is 10.1. The molecule has 0 aliphatic rings. The van der Waals surface area contributed by atoms with Gasteiger partial charge in [0.15, 0.2) is 0 Å². The standard InChI is InChI=1S/C15H15FN2O2/c16-12-6-4-11(5-7-12)9-17-13-2-1-3-14(8-13)18-15(20)10-19/h1-8,17,19H,9-10H2,(H,18,20). The predicted octanol–water partition coefficient (Wildman–Crippen LogP) is 2.37.